The molecule has 2 aliphatic rings. The number of para-hydroxylation sites is 1. The van der Waals surface area contributed by atoms with Gasteiger partial charge >= 0.3 is 0 Å². The average molecular weight is 274 g/mol. The van der Waals surface area contributed by atoms with Gasteiger partial charge in [-0.3, -0.25) is 4.79 Å². The van der Waals surface area contributed by atoms with Gasteiger partial charge in [-0.25, -0.2) is 0 Å². The van der Waals surface area contributed by atoms with Gasteiger partial charge < -0.3 is 15.4 Å². The van der Waals surface area contributed by atoms with E-state index < -0.39 is 0 Å². The van der Waals surface area contributed by atoms with Crippen molar-refractivity contribution in [1.82, 2.24) is 10.6 Å². The number of amides is 1. The highest BCUT2D eigenvalue weighted by Gasteiger charge is 2.24. The van der Waals surface area contributed by atoms with E-state index in [2.05, 4.69) is 10.6 Å². The van der Waals surface area contributed by atoms with E-state index in [-0.39, 0.29) is 11.9 Å². The van der Waals surface area contributed by atoms with Crippen molar-refractivity contribution in [2.24, 2.45) is 0 Å². The van der Waals surface area contributed by atoms with Crippen LogP contribution in [0, 0.1) is 0 Å². The molecule has 1 aromatic rings. The van der Waals surface area contributed by atoms with Gasteiger partial charge in [0.2, 0.25) is 5.91 Å². The maximum atomic E-state index is 12.2. The molecule has 0 aromatic heterocycles. The Morgan fingerprint density at radius 3 is 3.05 bits per heavy atom. The van der Waals surface area contributed by atoms with Crippen molar-refractivity contribution in [1.29, 1.82) is 0 Å². The first-order chi connectivity index (χ1) is 9.83. The molecule has 2 N–H and O–H groups in total. The lowest BCUT2D eigenvalue weighted by atomic mass is 9.99. The van der Waals surface area contributed by atoms with Gasteiger partial charge in [-0.05, 0) is 25.5 Å². The summed E-state index contributed by atoms with van der Waals surface area (Å²) < 4.78 is 5.62. The molecule has 1 fully saturated rings. The van der Waals surface area contributed by atoms with Gasteiger partial charge in [0.1, 0.15) is 5.75 Å². The fourth-order valence-electron chi connectivity index (χ4n) is 3.07. The van der Waals surface area contributed by atoms with Gasteiger partial charge in [0.05, 0.1) is 12.6 Å². The van der Waals surface area contributed by atoms with Gasteiger partial charge in [0.25, 0.3) is 0 Å². The fourth-order valence-corrected chi connectivity index (χ4v) is 3.07. The zero-order chi connectivity index (χ0) is 13.8. The zero-order valence-corrected chi connectivity index (χ0v) is 11.7. The molecule has 0 radical (unpaired) electrons. The molecule has 0 bridgehead atoms. The highest BCUT2D eigenvalue weighted by molar-refractivity contribution is 5.77. The number of ether oxygens (including phenoxy) is 1. The Labute approximate surface area is 119 Å². The van der Waals surface area contributed by atoms with E-state index in [1.165, 1.54) is 12.8 Å². The molecule has 2 aliphatic heterocycles. The van der Waals surface area contributed by atoms with Crippen LogP contribution in [-0.2, 0) is 4.79 Å². The van der Waals surface area contributed by atoms with Gasteiger partial charge in [0, 0.05) is 24.4 Å². The first-order valence-electron chi connectivity index (χ1n) is 7.57. The normalized spacial score (nSPS) is 25.4. The van der Waals surface area contributed by atoms with Crippen LogP contribution < -0.4 is 15.4 Å². The number of carbonyl (C=O) groups is 1. The molecule has 1 amide bonds. The Kier molecular flexibility index (Phi) is 4.21. The van der Waals surface area contributed by atoms with Crippen LogP contribution in [0.4, 0.5) is 0 Å². The Hall–Kier alpha value is -1.55. The van der Waals surface area contributed by atoms with Gasteiger partial charge in [0.15, 0.2) is 0 Å². The maximum absolute atomic E-state index is 12.2. The number of carbonyl (C=O) groups excluding carboxylic acids is 1. The second-order valence-corrected chi connectivity index (χ2v) is 5.65. The molecular formula is C16H22N2O2. The molecule has 2 heterocycles. The summed E-state index contributed by atoms with van der Waals surface area (Å²) in [6, 6.07) is 8.41. The quantitative estimate of drug-likeness (QED) is 0.888. The van der Waals surface area contributed by atoms with Crippen molar-refractivity contribution >= 4 is 5.91 Å². The summed E-state index contributed by atoms with van der Waals surface area (Å²) >= 11 is 0. The third-order valence-electron chi connectivity index (χ3n) is 4.14. The first kappa shape index (κ1) is 13.4. The first-order valence-corrected chi connectivity index (χ1v) is 7.57. The second kappa shape index (κ2) is 6.27. The van der Waals surface area contributed by atoms with Gasteiger partial charge in [-0.1, -0.05) is 24.6 Å². The van der Waals surface area contributed by atoms with Crippen molar-refractivity contribution in [3.05, 3.63) is 29.8 Å². The summed E-state index contributed by atoms with van der Waals surface area (Å²) in [7, 11) is 0. The Morgan fingerprint density at radius 1 is 1.30 bits per heavy atom. The number of hydrogen-bond donors (Lipinski definition) is 2. The van der Waals surface area contributed by atoms with Gasteiger partial charge in [-0.15, -0.1) is 0 Å². The standard InChI is InChI=1S/C16H22N2O2/c19-16(11-12-5-3-4-9-17-12)18-14-8-10-20-15-7-2-1-6-13(14)15/h1-2,6-7,12,14,17H,3-5,8-11H2,(H,18,19). The summed E-state index contributed by atoms with van der Waals surface area (Å²) in [5, 5.41) is 6.58. The number of rotatable bonds is 3. The molecule has 4 heteroatoms. The zero-order valence-electron chi connectivity index (χ0n) is 11.7. The summed E-state index contributed by atoms with van der Waals surface area (Å²) in [5.74, 6) is 1.05. The molecule has 4 nitrogen and oxygen atoms in total. The summed E-state index contributed by atoms with van der Waals surface area (Å²) in [6.07, 6.45) is 4.99. The number of nitrogens with one attached hydrogen (secondary N) is 2. The molecule has 20 heavy (non-hydrogen) atoms. The average Bonchev–Trinajstić information content (AvgIpc) is 2.48. The molecule has 1 aromatic carbocycles. The van der Waals surface area contributed by atoms with E-state index in [1.54, 1.807) is 0 Å². The maximum Gasteiger partial charge on any atom is 0.222 e. The molecule has 0 saturated carbocycles. The van der Waals surface area contributed by atoms with E-state index >= 15 is 0 Å². The van der Waals surface area contributed by atoms with Crippen molar-refractivity contribution in [2.75, 3.05) is 13.2 Å². The predicted octanol–water partition coefficient (Wildman–Crippen LogP) is 2.16. The summed E-state index contributed by atoms with van der Waals surface area (Å²) in [6.45, 7) is 1.71. The van der Waals surface area contributed by atoms with E-state index in [9.17, 15) is 4.79 Å². The SMILES string of the molecule is O=C(CC1CCCCN1)NC1CCOc2ccccc21. The predicted molar refractivity (Wildman–Crippen MR) is 77.7 cm³/mol. The molecule has 0 aliphatic carbocycles. The fraction of sp³-hybridized carbons (Fsp3) is 0.562. The topological polar surface area (TPSA) is 50.4 Å². The highest BCUT2D eigenvalue weighted by atomic mass is 16.5. The summed E-state index contributed by atoms with van der Waals surface area (Å²) in [5.41, 5.74) is 1.10. The molecule has 1 saturated heterocycles. The Balaban J connectivity index is 1.59. The monoisotopic (exact) mass is 274 g/mol. The third-order valence-corrected chi connectivity index (χ3v) is 4.14. The van der Waals surface area contributed by atoms with Crippen LogP contribution in [0.3, 0.4) is 0 Å². The molecular weight excluding hydrogens is 252 g/mol. The van der Waals surface area contributed by atoms with Crippen LogP contribution in [0.1, 0.15) is 43.7 Å². The minimum absolute atomic E-state index is 0.0936. The van der Waals surface area contributed by atoms with E-state index in [0.29, 0.717) is 19.1 Å². The molecule has 3 rings (SSSR count). The van der Waals surface area contributed by atoms with E-state index in [0.717, 1.165) is 30.7 Å². The molecule has 108 valence electrons. The number of fused-ring (bicyclic) bond motifs is 1. The largest absolute Gasteiger partial charge is 0.493 e. The van der Waals surface area contributed by atoms with Crippen LogP contribution in [-0.4, -0.2) is 25.1 Å². The van der Waals surface area contributed by atoms with Crippen LogP contribution >= 0.6 is 0 Å². The molecule has 2 atom stereocenters. The van der Waals surface area contributed by atoms with Gasteiger partial charge in [-0.2, -0.15) is 0 Å². The molecule has 2 unspecified atom stereocenters. The molecule has 0 spiro atoms. The summed E-state index contributed by atoms with van der Waals surface area (Å²) in [4.78, 5) is 12.2. The third kappa shape index (κ3) is 3.12. The highest BCUT2D eigenvalue weighted by Crippen LogP contribution is 2.31. The lowest BCUT2D eigenvalue weighted by Crippen LogP contribution is -2.40. The van der Waals surface area contributed by atoms with Crippen molar-refractivity contribution < 1.29 is 9.53 Å². The smallest absolute Gasteiger partial charge is 0.222 e. The van der Waals surface area contributed by atoms with E-state index in [4.69, 9.17) is 4.74 Å². The van der Waals surface area contributed by atoms with Crippen molar-refractivity contribution in [2.45, 2.75) is 44.2 Å². The lowest BCUT2D eigenvalue weighted by Gasteiger charge is -2.28. The minimum atomic E-state index is 0.0936. The van der Waals surface area contributed by atoms with Crippen molar-refractivity contribution in [3.63, 3.8) is 0 Å². The van der Waals surface area contributed by atoms with Crippen LogP contribution in [0.25, 0.3) is 0 Å². The minimum Gasteiger partial charge on any atom is -0.493 e. The van der Waals surface area contributed by atoms with Crippen LogP contribution in [0.15, 0.2) is 24.3 Å². The number of piperidine rings is 1. The Bertz CT molecular complexity index is 469. The number of hydrogen-bond acceptors (Lipinski definition) is 3. The van der Waals surface area contributed by atoms with Crippen molar-refractivity contribution in [3.8, 4) is 5.75 Å². The van der Waals surface area contributed by atoms with Crippen LogP contribution in [0.5, 0.6) is 5.75 Å². The Morgan fingerprint density at radius 2 is 2.20 bits per heavy atom. The number of benzene rings is 1. The lowest BCUT2D eigenvalue weighted by molar-refractivity contribution is -0.122. The van der Waals surface area contributed by atoms with Crippen LogP contribution in [0.2, 0.25) is 0 Å². The van der Waals surface area contributed by atoms with E-state index in [1.807, 2.05) is 24.3 Å². The second-order valence-electron chi connectivity index (χ2n) is 5.65.